The lowest BCUT2D eigenvalue weighted by Gasteiger charge is -2.12. The van der Waals surface area contributed by atoms with Gasteiger partial charge in [-0.05, 0) is 36.4 Å². The van der Waals surface area contributed by atoms with E-state index in [2.05, 4.69) is 15.6 Å². The molecule has 9 heteroatoms. The maximum Gasteiger partial charge on any atom is 0.258 e. The Hall–Kier alpha value is -3.03. The quantitative estimate of drug-likeness (QED) is 0.570. The zero-order valence-electron chi connectivity index (χ0n) is 14.0. The number of nitrogens with zero attached hydrogens (tertiary/aromatic N) is 1. The van der Waals surface area contributed by atoms with Crippen LogP contribution in [0.1, 0.15) is 20.7 Å². The van der Waals surface area contributed by atoms with E-state index in [1.165, 1.54) is 24.4 Å². The SMILES string of the molecule is O=C(Nc1ccccc1C(=O)Nc1ccc(Cl)cn1)c1cc(F)c(F)cc1Cl. The lowest BCUT2D eigenvalue weighted by molar-refractivity contribution is 0.102. The zero-order chi connectivity index (χ0) is 20.3. The number of amides is 2. The molecule has 0 saturated carbocycles. The van der Waals surface area contributed by atoms with Gasteiger partial charge in [-0.25, -0.2) is 13.8 Å². The number of pyridine rings is 1. The van der Waals surface area contributed by atoms with E-state index >= 15 is 0 Å². The molecule has 5 nitrogen and oxygen atoms in total. The van der Waals surface area contributed by atoms with Crippen molar-refractivity contribution in [1.82, 2.24) is 4.98 Å². The summed E-state index contributed by atoms with van der Waals surface area (Å²) in [7, 11) is 0. The van der Waals surface area contributed by atoms with Gasteiger partial charge >= 0.3 is 0 Å². The fourth-order valence-corrected chi connectivity index (χ4v) is 2.66. The Morgan fingerprint density at radius 3 is 2.25 bits per heavy atom. The highest BCUT2D eigenvalue weighted by Crippen LogP contribution is 2.23. The number of hydrogen-bond donors (Lipinski definition) is 2. The minimum Gasteiger partial charge on any atom is -0.321 e. The van der Waals surface area contributed by atoms with Crippen LogP contribution in [0.25, 0.3) is 0 Å². The van der Waals surface area contributed by atoms with Crippen molar-refractivity contribution in [2.24, 2.45) is 0 Å². The van der Waals surface area contributed by atoms with Gasteiger partial charge in [0, 0.05) is 6.20 Å². The second-order valence-corrected chi connectivity index (χ2v) is 6.41. The molecule has 0 aliphatic rings. The normalized spacial score (nSPS) is 10.4. The fourth-order valence-electron chi connectivity index (χ4n) is 2.31. The molecule has 1 aromatic heterocycles. The molecule has 2 N–H and O–H groups in total. The largest absolute Gasteiger partial charge is 0.321 e. The van der Waals surface area contributed by atoms with Gasteiger partial charge in [0.15, 0.2) is 11.6 Å². The van der Waals surface area contributed by atoms with Crippen molar-refractivity contribution < 1.29 is 18.4 Å². The predicted octanol–water partition coefficient (Wildman–Crippen LogP) is 5.17. The maximum atomic E-state index is 13.4. The Morgan fingerprint density at radius 2 is 1.54 bits per heavy atom. The highest BCUT2D eigenvalue weighted by atomic mass is 35.5. The molecule has 2 aromatic carbocycles. The summed E-state index contributed by atoms with van der Waals surface area (Å²) in [5.74, 6) is -3.46. The molecule has 1 heterocycles. The molecular weight excluding hydrogens is 411 g/mol. The summed E-state index contributed by atoms with van der Waals surface area (Å²) in [6, 6.07) is 10.6. The van der Waals surface area contributed by atoms with Gasteiger partial charge in [0.05, 0.1) is 26.9 Å². The highest BCUT2D eigenvalue weighted by molar-refractivity contribution is 6.34. The first-order valence-electron chi connectivity index (χ1n) is 7.83. The van der Waals surface area contributed by atoms with Crippen LogP contribution in [-0.4, -0.2) is 16.8 Å². The van der Waals surface area contributed by atoms with E-state index in [-0.39, 0.29) is 27.7 Å². The van der Waals surface area contributed by atoms with Crippen LogP contribution in [0.3, 0.4) is 0 Å². The van der Waals surface area contributed by atoms with Gasteiger partial charge in [0.1, 0.15) is 5.82 Å². The van der Waals surface area contributed by atoms with Gasteiger partial charge < -0.3 is 10.6 Å². The number of carbonyl (C=O) groups is 2. The van der Waals surface area contributed by atoms with Crippen LogP contribution in [0, 0.1) is 11.6 Å². The Kier molecular flexibility index (Phi) is 5.87. The number of nitrogens with one attached hydrogen (secondary N) is 2. The number of hydrogen-bond acceptors (Lipinski definition) is 3. The first kappa shape index (κ1) is 19.7. The van der Waals surface area contributed by atoms with Gasteiger partial charge in [-0.1, -0.05) is 35.3 Å². The third-order valence-electron chi connectivity index (χ3n) is 3.64. The van der Waals surface area contributed by atoms with Crippen LogP contribution in [0.15, 0.2) is 54.7 Å². The molecule has 0 saturated heterocycles. The molecule has 3 rings (SSSR count). The van der Waals surface area contributed by atoms with Gasteiger partial charge in [-0.2, -0.15) is 0 Å². The zero-order valence-corrected chi connectivity index (χ0v) is 15.5. The molecule has 0 unspecified atom stereocenters. The summed E-state index contributed by atoms with van der Waals surface area (Å²) in [4.78, 5) is 28.9. The van der Waals surface area contributed by atoms with E-state index in [1.54, 1.807) is 18.2 Å². The average Bonchev–Trinajstić information content (AvgIpc) is 2.66. The summed E-state index contributed by atoms with van der Waals surface area (Å²) in [6.45, 7) is 0. The van der Waals surface area contributed by atoms with Crippen molar-refractivity contribution in [3.63, 3.8) is 0 Å². The first-order valence-corrected chi connectivity index (χ1v) is 8.58. The molecule has 0 fully saturated rings. The number of para-hydroxylation sites is 1. The van der Waals surface area contributed by atoms with Crippen molar-refractivity contribution in [1.29, 1.82) is 0 Å². The molecule has 2 amide bonds. The van der Waals surface area contributed by atoms with Gasteiger partial charge in [0.25, 0.3) is 11.8 Å². The van der Waals surface area contributed by atoms with E-state index in [0.717, 1.165) is 0 Å². The summed E-state index contributed by atoms with van der Waals surface area (Å²) >= 11 is 11.6. The number of rotatable bonds is 4. The lowest BCUT2D eigenvalue weighted by Crippen LogP contribution is -2.19. The maximum absolute atomic E-state index is 13.4. The molecule has 0 aliphatic carbocycles. The van der Waals surface area contributed by atoms with Crippen LogP contribution in [-0.2, 0) is 0 Å². The van der Waals surface area contributed by atoms with E-state index in [1.807, 2.05) is 0 Å². The van der Waals surface area contributed by atoms with Crippen molar-refractivity contribution in [3.8, 4) is 0 Å². The second kappa shape index (κ2) is 8.33. The predicted molar refractivity (Wildman–Crippen MR) is 103 cm³/mol. The number of anilines is 2. The minimum atomic E-state index is -1.21. The molecule has 3 aromatic rings. The Labute approximate surface area is 168 Å². The molecule has 0 radical (unpaired) electrons. The smallest absolute Gasteiger partial charge is 0.258 e. The molecule has 0 bridgehead atoms. The number of carbonyl (C=O) groups excluding carboxylic acids is 2. The molecule has 0 spiro atoms. The summed E-state index contributed by atoms with van der Waals surface area (Å²) < 4.78 is 26.6. The second-order valence-electron chi connectivity index (χ2n) is 5.56. The van der Waals surface area contributed by atoms with E-state index in [4.69, 9.17) is 23.2 Å². The Balaban J connectivity index is 1.84. The third-order valence-corrected chi connectivity index (χ3v) is 4.18. The topological polar surface area (TPSA) is 71.1 Å². The van der Waals surface area contributed by atoms with Crippen molar-refractivity contribution in [2.45, 2.75) is 0 Å². The van der Waals surface area contributed by atoms with Gasteiger partial charge in [-0.15, -0.1) is 0 Å². The third kappa shape index (κ3) is 4.44. The number of benzene rings is 2. The molecule has 0 atom stereocenters. The van der Waals surface area contributed by atoms with E-state index < -0.39 is 23.4 Å². The average molecular weight is 422 g/mol. The van der Waals surface area contributed by atoms with Crippen LogP contribution in [0.5, 0.6) is 0 Å². The Bertz CT molecular complexity index is 1060. The van der Waals surface area contributed by atoms with Crippen LogP contribution in [0.2, 0.25) is 10.0 Å². The molecular formula is C19H11Cl2F2N3O2. The van der Waals surface area contributed by atoms with Crippen LogP contribution < -0.4 is 10.6 Å². The standard InChI is InChI=1S/C19H11Cl2F2N3O2/c20-10-5-6-17(24-9-10)26-18(27)11-3-1-2-4-16(11)25-19(28)12-7-14(22)15(23)8-13(12)21/h1-9H,(H,25,28)(H,24,26,27). The number of aromatic nitrogens is 1. The Morgan fingerprint density at radius 1 is 0.857 bits per heavy atom. The van der Waals surface area contributed by atoms with Crippen molar-refractivity contribution in [3.05, 3.63) is 87.5 Å². The molecule has 28 heavy (non-hydrogen) atoms. The summed E-state index contributed by atoms with van der Waals surface area (Å²) in [5.41, 5.74) is 0.0150. The van der Waals surface area contributed by atoms with Crippen molar-refractivity contribution >= 4 is 46.5 Å². The van der Waals surface area contributed by atoms with Crippen LogP contribution >= 0.6 is 23.2 Å². The van der Waals surface area contributed by atoms with E-state index in [0.29, 0.717) is 17.2 Å². The first-order chi connectivity index (χ1) is 13.3. The fraction of sp³-hybridized carbons (Fsp3) is 0. The van der Waals surface area contributed by atoms with Crippen LogP contribution in [0.4, 0.5) is 20.3 Å². The molecule has 142 valence electrons. The summed E-state index contributed by atoms with van der Waals surface area (Å²) in [5, 5.41) is 5.20. The van der Waals surface area contributed by atoms with Crippen molar-refractivity contribution in [2.75, 3.05) is 10.6 Å². The lowest BCUT2D eigenvalue weighted by atomic mass is 10.1. The van der Waals surface area contributed by atoms with E-state index in [9.17, 15) is 18.4 Å². The number of halogens is 4. The molecule has 0 aliphatic heterocycles. The monoisotopic (exact) mass is 421 g/mol. The minimum absolute atomic E-state index is 0.131. The highest BCUT2D eigenvalue weighted by Gasteiger charge is 2.18. The van der Waals surface area contributed by atoms with Gasteiger partial charge in [-0.3, -0.25) is 9.59 Å². The summed E-state index contributed by atoms with van der Waals surface area (Å²) in [6.07, 6.45) is 1.37. The van der Waals surface area contributed by atoms with Gasteiger partial charge in [0.2, 0.25) is 0 Å².